The lowest BCUT2D eigenvalue weighted by atomic mass is 9.93. The zero-order chi connectivity index (χ0) is 14.5. The Kier molecular flexibility index (Phi) is 5.15. The number of carbonyl (C=O) groups excluding carboxylic acids is 1. The van der Waals surface area contributed by atoms with Crippen LogP contribution in [0.25, 0.3) is 0 Å². The summed E-state index contributed by atoms with van der Waals surface area (Å²) in [5, 5.41) is 3.12. The Labute approximate surface area is 121 Å². The second-order valence-electron chi connectivity index (χ2n) is 5.94. The van der Waals surface area contributed by atoms with Crippen molar-refractivity contribution in [3.8, 4) is 0 Å². The number of benzene rings is 1. The smallest absolute Gasteiger partial charge is 0.237 e. The Hall–Kier alpha value is -1.39. The quantitative estimate of drug-likeness (QED) is 0.862. The molecular weight excluding hydrogens is 250 g/mol. The number of rotatable bonds is 4. The molecule has 1 aromatic carbocycles. The van der Waals surface area contributed by atoms with E-state index < -0.39 is 6.04 Å². The van der Waals surface area contributed by atoms with E-state index in [1.54, 1.807) is 0 Å². The lowest BCUT2D eigenvalue weighted by molar-refractivity contribution is -0.123. The summed E-state index contributed by atoms with van der Waals surface area (Å²) >= 11 is 0. The lowest BCUT2D eigenvalue weighted by Crippen LogP contribution is -2.53. The van der Waals surface area contributed by atoms with Crippen LogP contribution in [0, 0.1) is 5.92 Å². The number of hydrogen-bond acceptors (Lipinski definition) is 3. The third-order valence-corrected chi connectivity index (χ3v) is 4.07. The molecule has 20 heavy (non-hydrogen) atoms. The van der Waals surface area contributed by atoms with Crippen molar-refractivity contribution in [1.29, 1.82) is 0 Å². The second kappa shape index (κ2) is 6.86. The van der Waals surface area contributed by atoms with E-state index in [1.165, 1.54) is 0 Å². The predicted molar refractivity (Wildman–Crippen MR) is 81.3 cm³/mol. The Balaban J connectivity index is 1.85. The van der Waals surface area contributed by atoms with Crippen molar-refractivity contribution in [3.63, 3.8) is 0 Å². The first kappa shape index (κ1) is 15.0. The normalized spacial score (nSPS) is 25.1. The van der Waals surface area contributed by atoms with Gasteiger partial charge in [0.05, 0.1) is 6.04 Å². The van der Waals surface area contributed by atoms with Gasteiger partial charge in [-0.25, -0.2) is 0 Å². The summed E-state index contributed by atoms with van der Waals surface area (Å²) in [6.07, 6.45) is 1.59. The van der Waals surface area contributed by atoms with Crippen LogP contribution in [0.5, 0.6) is 0 Å². The molecule has 1 amide bonds. The van der Waals surface area contributed by atoms with Crippen molar-refractivity contribution in [3.05, 3.63) is 35.9 Å². The second-order valence-corrected chi connectivity index (χ2v) is 5.94. The third-order valence-electron chi connectivity index (χ3n) is 4.07. The topological polar surface area (TPSA) is 58.4 Å². The van der Waals surface area contributed by atoms with Gasteiger partial charge in [-0.1, -0.05) is 37.3 Å². The van der Waals surface area contributed by atoms with E-state index in [1.807, 2.05) is 30.3 Å². The molecule has 0 saturated carbocycles. The summed E-state index contributed by atoms with van der Waals surface area (Å²) in [6, 6.07) is 9.70. The maximum absolute atomic E-state index is 12.2. The largest absolute Gasteiger partial charge is 0.352 e. The number of hydrogen-bond donors (Lipinski definition) is 2. The third kappa shape index (κ3) is 4.05. The molecule has 2 rings (SSSR count). The van der Waals surface area contributed by atoms with E-state index in [2.05, 4.69) is 24.2 Å². The molecule has 4 heteroatoms. The molecule has 3 unspecified atom stereocenters. The predicted octanol–water partition coefficient (Wildman–Crippen LogP) is 1.01. The minimum absolute atomic E-state index is 0.0322. The van der Waals surface area contributed by atoms with Gasteiger partial charge in [-0.05, 0) is 37.9 Å². The first-order valence-corrected chi connectivity index (χ1v) is 7.34. The molecule has 1 heterocycles. The van der Waals surface area contributed by atoms with Crippen LogP contribution in [-0.2, 0) is 11.2 Å². The monoisotopic (exact) mass is 275 g/mol. The molecule has 0 aliphatic carbocycles. The molecule has 1 aliphatic rings. The van der Waals surface area contributed by atoms with Gasteiger partial charge in [-0.3, -0.25) is 4.79 Å². The van der Waals surface area contributed by atoms with Crippen molar-refractivity contribution in [1.82, 2.24) is 10.2 Å². The summed E-state index contributed by atoms with van der Waals surface area (Å²) in [5.41, 5.74) is 7.12. The van der Waals surface area contributed by atoms with Crippen LogP contribution in [0.1, 0.15) is 18.9 Å². The van der Waals surface area contributed by atoms with Crippen molar-refractivity contribution in [2.75, 3.05) is 20.1 Å². The number of likely N-dealkylation sites (tertiary alicyclic amines) is 1. The lowest BCUT2D eigenvalue weighted by Gasteiger charge is -2.35. The molecular formula is C16H25N3O. The Bertz CT molecular complexity index is 435. The van der Waals surface area contributed by atoms with Gasteiger partial charge in [0.1, 0.15) is 0 Å². The molecule has 3 atom stereocenters. The summed E-state index contributed by atoms with van der Waals surface area (Å²) in [4.78, 5) is 14.5. The van der Waals surface area contributed by atoms with E-state index in [0.717, 1.165) is 25.1 Å². The highest BCUT2D eigenvalue weighted by atomic mass is 16.2. The van der Waals surface area contributed by atoms with Gasteiger partial charge in [0.15, 0.2) is 0 Å². The maximum Gasteiger partial charge on any atom is 0.237 e. The Morgan fingerprint density at radius 1 is 1.45 bits per heavy atom. The summed E-state index contributed by atoms with van der Waals surface area (Å²) in [7, 11) is 2.12. The molecule has 1 aromatic rings. The highest BCUT2D eigenvalue weighted by molar-refractivity contribution is 5.82. The molecule has 1 aliphatic heterocycles. The molecule has 3 N–H and O–H groups in total. The number of nitrogens with two attached hydrogens (primary N) is 1. The van der Waals surface area contributed by atoms with Crippen molar-refractivity contribution >= 4 is 5.91 Å². The number of amides is 1. The average molecular weight is 275 g/mol. The molecule has 4 nitrogen and oxygen atoms in total. The summed E-state index contributed by atoms with van der Waals surface area (Å²) in [6.45, 7) is 4.24. The van der Waals surface area contributed by atoms with E-state index in [9.17, 15) is 4.79 Å². The van der Waals surface area contributed by atoms with Crippen LogP contribution in [0.15, 0.2) is 30.3 Å². The van der Waals surface area contributed by atoms with Crippen LogP contribution in [0.3, 0.4) is 0 Å². The van der Waals surface area contributed by atoms with Gasteiger partial charge in [-0.2, -0.15) is 0 Å². The number of piperidine rings is 1. The molecule has 0 aromatic heterocycles. The zero-order valence-electron chi connectivity index (χ0n) is 12.4. The van der Waals surface area contributed by atoms with Crippen LogP contribution in [0.4, 0.5) is 0 Å². The van der Waals surface area contributed by atoms with Gasteiger partial charge in [0.25, 0.3) is 0 Å². The van der Waals surface area contributed by atoms with Gasteiger partial charge in [0, 0.05) is 12.6 Å². The molecule has 0 radical (unpaired) electrons. The van der Waals surface area contributed by atoms with Crippen LogP contribution >= 0.6 is 0 Å². The summed E-state index contributed by atoms with van der Waals surface area (Å²) < 4.78 is 0. The first-order valence-electron chi connectivity index (χ1n) is 7.34. The van der Waals surface area contributed by atoms with Crippen molar-refractivity contribution in [2.45, 2.75) is 31.8 Å². The minimum atomic E-state index is -0.468. The van der Waals surface area contributed by atoms with Gasteiger partial charge < -0.3 is 16.0 Å². The molecule has 1 fully saturated rings. The SMILES string of the molecule is CC1CN(C)CCC1NC(=O)C(N)Cc1ccccc1. The summed E-state index contributed by atoms with van der Waals surface area (Å²) in [5.74, 6) is 0.442. The molecule has 110 valence electrons. The van der Waals surface area contributed by atoms with Gasteiger partial charge >= 0.3 is 0 Å². The van der Waals surface area contributed by atoms with Crippen LogP contribution in [-0.4, -0.2) is 43.0 Å². The molecule has 0 bridgehead atoms. The van der Waals surface area contributed by atoms with E-state index in [0.29, 0.717) is 12.3 Å². The van der Waals surface area contributed by atoms with Crippen LogP contribution < -0.4 is 11.1 Å². The number of nitrogens with zero attached hydrogens (tertiary/aromatic N) is 1. The van der Waals surface area contributed by atoms with Crippen molar-refractivity contribution < 1.29 is 4.79 Å². The Morgan fingerprint density at radius 2 is 2.15 bits per heavy atom. The Morgan fingerprint density at radius 3 is 2.80 bits per heavy atom. The van der Waals surface area contributed by atoms with Crippen LogP contribution in [0.2, 0.25) is 0 Å². The molecule has 1 saturated heterocycles. The standard InChI is InChI=1S/C16H25N3O/c1-12-11-19(2)9-8-15(12)18-16(20)14(17)10-13-6-4-3-5-7-13/h3-7,12,14-15H,8-11,17H2,1-2H3,(H,18,20). The molecule has 0 spiro atoms. The fourth-order valence-corrected chi connectivity index (χ4v) is 2.82. The first-order chi connectivity index (χ1) is 9.56. The number of carbonyl (C=O) groups is 1. The maximum atomic E-state index is 12.2. The average Bonchev–Trinajstić information content (AvgIpc) is 2.43. The highest BCUT2D eigenvalue weighted by Gasteiger charge is 2.27. The van der Waals surface area contributed by atoms with Gasteiger partial charge in [-0.15, -0.1) is 0 Å². The van der Waals surface area contributed by atoms with E-state index in [4.69, 9.17) is 5.73 Å². The fourth-order valence-electron chi connectivity index (χ4n) is 2.82. The number of nitrogens with one attached hydrogen (secondary N) is 1. The fraction of sp³-hybridized carbons (Fsp3) is 0.562. The van der Waals surface area contributed by atoms with Crippen molar-refractivity contribution in [2.24, 2.45) is 11.7 Å². The highest BCUT2D eigenvalue weighted by Crippen LogP contribution is 2.15. The van der Waals surface area contributed by atoms with Gasteiger partial charge in [0.2, 0.25) is 5.91 Å². The van der Waals surface area contributed by atoms with E-state index >= 15 is 0 Å². The zero-order valence-corrected chi connectivity index (χ0v) is 12.4. The van der Waals surface area contributed by atoms with E-state index in [-0.39, 0.29) is 11.9 Å². The minimum Gasteiger partial charge on any atom is -0.352 e.